The highest BCUT2D eigenvalue weighted by Crippen LogP contribution is 2.37. The normalized spacial score (nSPS) is 18.0. The Labute approximate surface area is 178 Å². The molecule has 4 rings (SSSR count). The van der Waals surface area contributed by atoms with Crippen LogP contribution >= 0.6 is 15.9 Å². The number of fused-ring (bicyclic) bond motifs is 2. The SMILES string of the molecule is COc1cccc2c1OC[C@H](NS(=O)(=O)c1cc3c(cc1Br)CCN3C(C)=O)C2. The molecular weight excluding hydrogens is 460 g/mol. The van der Waals surface area contributed by atoms with Crippen LogP contribution in [-0.4, -0.2) is 40.6 Å². The Hall–Kier alpha value is -2.10. The predicted octanol–water partition coefficient (Wildman–Crippen LogP) is 2.65. The summed E-state index contributed by atoms with van der Waals surface area (Å²) in [6, 6.07) is 8.50. The molecule has 2 aromatic rings. The van der Waals surface area contributed by atoms with Gasteiger partial charge in [0.1, 0.15) is 6.61 Å². The summed E-state index contributed by atoms with van der Waals surface area (Å²) in [5, 5.41) is 0. The number of hydrogen-bond acceptors (Lipinski definition) is 5. The van der Waals surface area contributed by atoms with E-state index in [0.29, 0.717) is 41.0 Å². The lowest BCUT2D eigenvalue weighted by Gasteiger charge is -2.27. The second kappa shape index (κ2) is 7.62. The van der Waals surface area contributed by atoms with Gasteiger partial charge in [0, 0.05) is 23.6 Å². The highest BCUT2D eigenvalue weighted by molar-refractivity contribution is 9.10. The summed E-state index contributed by atoms with van der Waals surface area (Å²) < 4.78 is 40.5. The van der Waals surface area contributed by atoms with Crippen molar-refractivity contribution in [1.82, 2.24) is 4.72 Å². The van der Waals surface area contributed by atoms with E-state index < -0.39 is 16.1 Å². The number of carbonyl (C=O) groups excluding carboxylic acids is 1. The van der Waals surface area contributed by atoms with Gasteiger partial charge >= 0.3 is 0 Å². The Kier molecular flexibility index (Phi) is 5.30. The number of ether oxygens (including phenoxy) is 2. The summed E-state index contributed by atoms with van der Waals surface area (Å²) in [4.78, 5) is 13.6. The van der Waals surface area contributed by atoms with E-state index >= 15 is 0 Å². The number of rotatable bonds is 4. The molecule has 7 nitrogen and oxygen atoms in total. The zero-order chi connectivity index (χ0) is 20.8. The number of amides is 1. The van der Waals surface area contributed by atoms with Crippen LogP contribution in [0.3, 0.4) is 0 Å². The number of benzene rings is 2. The highest BCUT2D eigenvalue weighted by atomic mass is 79.9. The van der Waals surface area contributed by atoms with Crippen LogP contribution in [-0.2, 0) is 27.7 Å². The molecule has 154 valence electrons. The number of para-hydroxylation sites is 1. The molecule has 2 aliphatic heterocycles. The quantitative estimate of drug-likeness (QED) is 0.726. The molecule has 0 radical (unpaired) electrons. The third kappa shape index (κ3) is 3.74. The van der Waals surface area contributed by atoms with Crippen LogP contribution in [0.4, 0.5) is 5.69 Å². The average molecular weight is 481 g/mol. The van der Waals surface area contributed by atoms with Crippen molar-refractivity contribution < 1.29 is 22.7 Å². The number of halogens is 1. The molecule has 0 fully saturated rings. The first-order valence-electron chi connectivity index (χ1n) is 9.21. The van der Waals surface area contributed by atoms with Crippen molar-refractivity contribution >= 4 is 37.5 Å². The van der Waals surface area contributed by atoms with E-state index in [4.69, 9.17) is 9.47 Å². The molecule has 0 saturated carbocycles. The van der Waals surface area contributed by atoms with Gasteiger partial charge in [-0.05, 0) is 58.1 Å². The summed E-state index contributed by atoms with van der Waals surface area (Å²) in [5.74, 6) is 1.18. The molecule has 0 bridgehead atoms. The lowest BCUT2D eigenvalue weighted by Crippen LogP contribution is -2.42. The Balaban J connectivity index is 1.60. The van der Waals surface area contributed by atoms with Crippen molar-refractivity contribution in [1.29, 1.82) is 0 Å². The summed E-state index contributed by atoms with van der Waals surface area (Å²) >= 11 is 3.38. The number of nitrogens with zero attached hydrogens (tertiary/aromatic N) is 1. The first kappa shape index (κ1) is 20.2. The molecule has 1 N–H and O–H groups in total. The minimum Gasteiger partial charge on any atom is -0.493 e. The third-order valence-electron chi connectivity index (χ3n) is 5.20. The van der Waals surface area contributed by atoms with Crippen LogP contribution in [0.2, 0.25) is 0 Å². The summed E-state index contributed by atoms with van der Waals surface area (Å²) in [7, 11) is -2.25. The molecular formula is C20H21BrN2O5S. The first-order chi connectivity index (χ1) is 13.8. The zero-order valence-corrected chi connectivity index (χ0v) is 18.5. The van der Waals surface area contributed by atoms with Gasteiger partial charge < -0.3 is 14.4 Å². The van der Waals surface area contributed by atoms with Gasteiger partial charge in [0.25, 0.3) is 0 Å². The van der Waals surface area contributed by atoms with Gasteiger partial charge in [0.15, 0.2) is 11.5 Å². The molecule has 1 atom stereocenters. The molecule has 0 aromatic heterocycles. The molecule has 0 aliphatic carbocycles. The number of hydrogen-bond donors (Lipinski definition) is 1. The van der Waals surface area contributed by atoms with Gasteiger partial charge in [-0.2, -0.15) is 0 Å². The number of carbonyl (C=O) groups is 1. The molecule has 2 heterocycles. The summed E-state index contributed by atoms with van der Waals surface area (Å²) in [6.45, 7) is 2.24. The lowest BCUT2D eigenvalue weighted by atomic mass is 10.0. The standard InChI is InChI=1S/C20H21BrN2O5S/c1-12(24)23-7-6-13-9-16(21)19(10-17(13)23)29(25,26)22-15-8-14-4-3-5-18(27-2)20(14)28-11-15/h3-5,9-10,15,22H,6-8,11H2,1-2H3/t15-/m1/s1. The fourth-order valence-corrected chi connectivity index (χ4v) is 6.16. The maximum atomic E-state index is 13.1. The van der Waals surface area contributed by atoms with Crippen LogP contribution in [0.25, 0.3) is 0 Å². The largest absolute Gasteiger partial charge is 0.493 e. The number of nitrogens with one attached hydrogen (secondary N) is 1. The fraction of sp³-hybridized carbons (Fsp3) is 0.350. The van der Waals surface area contributed by atoms with Crippen LogP contribution in [0.5, 0.6) is 11.5 Å². The molecule has 0 spiro atoms. The zero-order valence-electron chi connectivity index (χ0n) is 16.1. The maximum absolute atomic E-state index is 13.1. The van der Waals surface area contributed by atoms with Gasteiger partial charge in [-0.3, -0.25) is 4.79 Å². The number of anilines is 1. The molecule has 2 aliphatic rings. The minimum atomic E-state index is -3.83. The van der Waals surface area contributed by atoms with Crippen LogP contribution in [0.1, 0.15) is 18.1 Å². The van der Waals surface area contributed by atoms with Crippen molar-refractivity contribution in [2.45, 2.75) is 30.7 Å². The minimum absolute atomic E-state index is 0.103. The molecule has 9 heteroatoms. The first-order valence-corrected chi connectivity index (χ1v) is 11.5. The summed E-state index contributed by atoms with van der Waals surface area (Å²) in [6.07, 6.45) is 1.20. The van der Waals surface area contributed by atoms with Gasteiger partial charge in [-0.15, -0.1) is 0 Å². The Bertz CT molecular complexity index is 1090. The monoisotopic (exact) mass is 480 g/mol. The molecule has 2 aromatic carbocycles. The van der Waals surface area contributed by atoms with Crippen molar-refractivity contribution in [3.05, 3.63) is 45.9 Å². The number of methoxy groups -OCH3 is 1. The average Bonchev–Trinajstić information content (AvgIpc) is 3.09. The molecule has 29 heavy (non-hydrogen) atoms. The molecule has 1 amide bonds. The highest BCUT2D eigenvalue weighted by Gasteiger charge is 2.31. The van der Waals surface area contributed by atoms with E-state index in [1.165, 1.54) is 6.92 Å². The second-order valence-corrected chi connectivity index (χ2v) is 9.65. The van der Waals surface area contributed by atoms with E-state index in [0.717, 1.165) is 11.1 Å². The van der Waals surface area contributed by atoms with Crippen LogP contribution in [0, 0.1) is 0 Å². The van der Waals surface area contributed by atoms with E-state index in [-0.39, 0.29) is 17.4 Å². The fourth-order valence-electron chi connectivity index (χ4n) is 3.83. The van der Waals surface area contributed by atoms with Crippen molar-refractivity contribution in [3.63, 3.8) is 0 Å². The smallest absolute Gasteiger partial charge is 0.242 e. The Morgan fingerprint density at radius 2 is 2.10 bits per heavy atom. The predicted molar refractivity (Wildman–Crippen MR) is 112 cm³/mol. The van der Waals surface area contributed by atoms with Crippen LogP contribution < -0.4 is 19.1 Å². The molecule has 0 unspecified atom stereocenters. The maximum Gasteiger partial charge on any atom is 0.242 e. The van der Waals surface area contributed by atoms with Gasteiger partial charge in [0.05, 0.1) is 18.0 Å². The molecule has 0 saturated heterocycles. The third-order valence-corrected chi connectivity index (χ3v) is 7.67. The van der Waals surface area contributed by atoms with Gasteiger partial charge in [-0.1, -0.05) is 12.1 Å². The Morgan fingerprint density at radius 3 is 2.83 bits per heavy atom. The second-order valence-electron chi connectivity index (χ2n) is 7.11. The summed E-state index contributed by atoms with van der Waals surface area (Å²) in [5.41, 5.74) is 2.49. The topological polar surface area (TPSA) is 84.9 Å². The van der Waals surface area contributed by atoms with Crippen molar-refractivity contribution in [3.8, 4) is 11.5 Å². The van der Waals surface area contributed by atoms with E-state index in [1.54, 1.807) is 24.1 Å². The van der Waals surface area contributed by atoms with Crippen molar-refractivity contribution in [2.24, 2.45) is 0 Å². The van der Waals surface area contributed by atoms with Gasteiger partial charge in [-0.25, -0.2) is 13.1 Å². The van der Waals surface area contributed by atoms with Gasteiger partial charge in [0.2, 0.25) is 15.9 Å². The Morgan fingerprint density at radius 1 is 1.31 bits per heavy atom. The van der Waals surface area contributed by atoms with Crippen molar-refractivity contribution in [2.75, 3.05) is 25.2 Å². The van der Waals surface area contributed by atoms with E-state index in [2.05, 4.69) is 20.7 Å². The van der Waals surface area contributed by atoms with Crippen LogP contribution in [0.15, 0.2) is 39.7 Å². The lowest BCUT2D eigenvalue weighted by molar-refractivity contribution is -0.116. The van der Waals surface area contributed by atoms with E-state index in [1.807, 2.05) is 18.2 Å². The number of sulfonamides is 1. The van der Waals surface area contributed by atoms with E-state index in [9.17, 15) is 13.2 Å².